The summed E-state index contributed by atoms with van der Waals surface area (Å²) in [6.45, 7) is 0. The first-order chi connectivity index (χ1) is 5.27. The molecule has 2 rings (SSSR count). The number of hydrogen-bond donors (Lipinski definition) is 1. The molecule has 0 amide bonds. The van der Waals surface area contributed by atoms with Gasteiger partial charge in [0.25, 0.3) is 0 Å². The van der Waals surface area contributed by atoms with Crippen LogP contribution in [-0.2, 0) is 9.53 Å². The summed E-state index contributed by atoms with van der Waals surface area (Å²) in [5.74, 6) is -0.0443. The maximum atomic E-state index is 10.8. The van der Waals surface area contributed by atoms with Crippen LogP contribution in [-0.4, -0.2) is 23.3 Å². The van der Waals surface area contributed by atoms with Crippen LogP contribution in [0.15, 0.2) is 0 Å². The molecule has 0 radical (unpaired) electrons. The summed E-state index contributed by atoms with van der Waals surface area (Å²) in [6, 6.07) is 0. The molecule has 1 N–H and O–H groups in total. The first-order valence-electron chi connectivity index (χ1n) is 4.15. The fourth-order valence-corrected chi connectivity index (χ4v) is 2.03. The molecule has 0 bridgehead atoms. The number of rotatable bonds is 0. The molecule has 3 nitrogen and oxygen atoms in total. The van der Waals surface area contributed by atoms with Crippen molar-refractivity contribution in [3.63, 3.8) is 0 Å². The zero-order chi connectivity index (χ0) is 7.84. The molecule has 1 saturated heterocycles. The third-order valence-corrected chi connectivity index (χ3v) is 2.65. The second-order valence-corrected chi connectivity index (χ2v) is 3.39. The molecular weight excluding hydrogens is 144 g/mol. The molecule has 0 unspecified atom stereocenters. The minimum Gasteiger partial charge on any atom is -0.462 e. The lowest BCUT2D eigenvalue weighted by molar-refractivity contribution is -0.142. The van der Waals surface area contributed by atoms with Gasteiger partial charge in [0.05, 0.1) is 12.5 Å². The molecule has 2 aliphatic rings. The van der Waals surface area contributed by atoms with Crippen molar-refractivity contribution in [3.8, 4) is 0 Å². The van der Waals surface area contributed by atoms with Crippen LogP contribution in [0.5, 0.6) is 0 Å². The highest BCUT2D eigenvalue weighted by Crippen LogP contribution is 2.34. The van der Waals surface area contributed by atoms with E-state index in [4.69, 9.17) is 4.74 Å². The van der Waals surface area contributed by atoms with Gasteiger partial charge in [-0.05, 0) is 19.3 Å². The lowest BCUT2D eigenvalue weighted by atomic mass is 9.84. The van der Waals surface area contributed by atoms with Crippen LogP contribution in [0.2, 0.25) is 0 Å². The minimum atomic E-state index is -0.305. The van der Waals surface area contributed by atoms with E-state index in [1.165, 1.54) is 0 Å². The number of fused-ring (bicyclic) bond motifs is 1. The van der Waals surface area contributed by atoms with Crippen LogP contribution in [0, 0.1) is 5.92 Å². The van der Waals surface area contributed by atoms with Crippen LogP contribution in [0.25, 0.3) is 0 Å². The molecule has 3 atom stereocenters. The average Bonchev–Trinajstić information content (AvgIpc) is 2.31. The summed E-state index contributed by atoms with van der Waals surface area (Å²) in [6.07, 6.45) is 2.89. The Kier molecular flexibility index (Phi) is 1.60. The standard InChI is InChI=1S/C8H12O3/c9-6-2-1-3-7-5(6)4-8(10)11-7/h5-7,9H,1-4H2/t5-,6-,7+/m1/s1. The number of ether oxygens (including phenoxy) is 1. The molecule has 1 aliphatic carbocycles. The molecule has 0 aromatic heterocycles. The van der Waals surface area contributed by atoms with Crippen molar-refractivity contribution in [2.75, 3.05) is 0 Å². The molecule has 62 valence electrons. The molecule has 1 heterocycles. The molecule has 3 heteroatoms. The molecule has 1 saturated carbocycles. The number of carbonyl (C=O) groups excluding carboxylic acids is 1. The number of aliphatic hydroxyl groups excluding tert-OH is 1. The van der Waals surface area contributed by atoms with E-state index in [-0.39, 0.29) is 24.1 Å². The Labute approximate surface area is 65.4 Å². The van der Waals surface area contributed by atoms with Crippen LogP contribution >= 0.6 is 0 Å². The Morgan fingerprint density at radius 1 is 1.45 bits per heavy atom. The first-order valence-corrected chi connectivity index (χ1v) is 4.15. The summed E-state index contributed by atoms with van der Waals surface area (Å²) in [5, 5.41) is 9.46. The monoisotopic (exact) mass is 156 g/mol. The van der Waals surface area contributed by atoms with Crippen molar-refractivity contribution in [1.82, 2.24) is 0 Å². The smallest absolute Gasteiger partial charge is 0.306 e. The molecule has 0 aromatic carbocycles. The van der Waals surface area contributed by atoms with E-state index in [9.17, 15) is 9.90 Å². The quantitative estimate of drug-likeness (QED) is 0.518. The van der Waals surface area contributed by atoms with E-state index in [1.807, 2.05) is 0 Å². The normalized spacial score (nSPS) is 43.4. The summed E-state index contributed by atoms with van der Waals surface area (Å²) < 4.78 is 5.04. The Morgan fingerprint density at radius 3 is 3.00 bits per heavy atom. The third-order valence-electron chi connectivity index (χ3n) is 2.65. The van der Waals surface area contributed by atoms with Crippen molar-refractivity contribution in [1.29, 1.82) is 0 Å². The van der Waals surface area contributed by atoms with Gasteiger partial charge in [-0.2, -0.15) is 0 Å². The zero-order valence-electron chi connectivity index (χ0n) is 6.32. The van der Waals surface area contributed by atoms with E-state index in [1.54, 1.807) is 0 Å². The van der Waals surface area contributed by atoms with Crippen molar-refractivity contribution >= 4 is 5.97 Å². The topological polar surface area (TPSA) is 46.5 Å². The molecule has 2 fully saturated rings. The lowest BCUT2D eigenvalue weighted by Gasteiger charge is -2.27. The lowest BCUT2D eigenvalue weighted by Crippen LogP contribution is -2.32. The maximum absolute atomic E-state index is 10.8. The van der Waals surface area contributed by atoms with Crippen LogP contribution in [0.1, 0.15) is 25.7 Å². The third kappa shape index (κ3) is 1.13. The Balaban J connectivity index is 2.09. The summed E-state index contributed by atoms with van der Waals surface area (Å²) in [5.41, 5.74) is 0. The molecule has 0 spiro atoms. The van der Waals surface area contributed by atoms with E-state index >= 15 is 0 Å². The van der Waals surface area contributed by atoms with Gasteiger partial charge in [-0.25, -0.2) is 0 Å². The van der Waals surface area contributed by atoms with Gasteiger partial charge < -0.3 is 9.84 Å². The van der Waals surface area contributed by atoms with Crippen molar-refractivity contribution in [2.24, 2.45) is 5.92 Å². The van der Waals surface area contributed by atoms with Gasteiger partial charge in [0, 0.05) is 5.92 Å². The highest BCUT2D eigenvalue weighted by Gasteiger charge is 2.41. The summed E-state index contributed by atoms with van der Waals surface area (Å²) >= 11 is 0. The fourth-order valence-electron chi connectivity index (χ4n) is 2.03. The second-order valence-electron chi connectivity index (χ2n) is 3.39. The summed E-state index contributed by atoms with van der Waals surface area (Å²) in [7, 11) is 0. The predicted molar refractivity (Wildman–Crippen MR) is 37.8 cm³/mol. The van der Waals surface area contributed by atoms with Gasteiger partial charge in [0.15, 0.2) is 0 Å². The number of carbonyl (C=O) groups is 1. The number of aliphatic hydroxyl groups is 1. The second kappa shape index (κ2) is 2.48. The van der Waals surface area contributed by atoms with Crippen molar-refractivity contribution < 1.29 is 14.6 Å². The average molecular weight is 156 g/mol. The van der Waals surface area contributed by atoms with E-state index < -0.39 is 0 Å². The SMILES string of the molecule is O=C1C[C@@H]2[C@H](O)CCC[C@@H]2O1. The van der Waals surface area contributed by atoms with E-state index in [0.717, 1.165) is 19.3 Å². The Hall–Kier alpha value is -0.570. The van der Waals surface area contributed by atoms with Crippen LogP contribution in [0.4, 0.5) is 0 Å². The van der Waals surface area contributed by atoms with E-state index in [0.29, 0.717) is 6.42 Å². The molecule has 0 aromatic rings. The number of esters is 1. The largest absolute Gasteiger partial charge is 0.462 e. The van der Waals surface area contributed by atoms with Crippen LogP contribution in [0.3, 0.4) is 0 Å². The molecular formula is C8H12O3. The van der Waals surface area contributed by atoms with Crippen molar-refractivity contribution in [2.45, 2.75) is 37.9 Å². The van der Waals surface area contributed by atoms with Gasteiger partial charge >= 0.3 is 5.97 Å². The highest BCUT2D eigenvalue weighted by molar-refractivity contribution is 5.72. The minimum absolute atomic E-state index is 0.0197. The Morgan fingerprint density at radius 2 is 2.27 bits per heavy atom. The molecule has 11 heavy (non-hydrogen) atoms. The molecule has 1 aliphatic heterocycles. The van der Waals surface area contributed by atoms with Gasteiger partial charge in [0.1, 0.15) is 6.10 Å². The first kappa shape index (κ1) is 7.10. The van der Waals surface area contributed by atoms with Crippen molar-refractivity contribution in [3.05, 3.63) is 0 Å². The Bertz CT molecular complexity index is 178. The van der Waals surface area contributed by atoms with Crippen LogP contribution < -0.4 is 0 Å². The number of hydrogen-bond acceptors (Lipinski definition) is 3. The zero-order valence-corrected chi connectivity index (χ0v) is 6.32. The van der Waals surface area contributed by atoms with E-state index in [2.05, 4.69) is 0 Å². The summed E-state index contributed by atoms with van der Waals surface area (Å²) in [4.78, 5) is 10.8. The van der Waals surface area contributed by atoms with Gasteiger partial charge in [-0.1, -0.05) is 0 Å². The maximum Gasteiger partial charge on any atom is 0.306 e. The van der Waals surface area contributed by atoms with Gasteiger partial charge in [0.2, 0.25) is 0 Å². The fraction of sp³-hybridized carbons (Fsp3) is 0.875. The van der Waals surface area contributed by atoms with Gasteiger partial charge in [-0.15, -0.1) is 0 Å². The van der Waals surface area contributed by atoms with Gasteiger partial charge in [-0.3, -0.25) is 4.79 Å². The predicted octanol–water partition coefficient (Wildman–Crippen LogP) is 0.463. The highest BCUT2D eigenvalue weighted by atomic mass is 16.6.